The van der Waals surface area contributed by atoms with Crippen molar-refractivity contribution in [3.63, 3.8) is 0 Å². The highest BCUT2D eigenvalue weighted by Crippen LogP contribution is 2.45. The van der Waals surface area contributed by atoms with Crippen molar-refractivity contribution in [2.24, 2.45) is 0 Å². The van der Waals surface area contributed by atoms with Crippen molar-refractivity contribution in [1.29, 1.82) is 0 Å². The Kier molecular flexibility index (Phi) is 8.95. The van der Waals surface area contributed by atoms with Crippen LogP contribution in [0.4, 0.5) is 0 Å². The van der Waals surface area contributed by atoms with E-state index in [9.17, 15) is 0 Å². The minimum atomic E-state index is -0.366. The largest absolute Gasteiger partial charge is 0.348 e. The Morgan fingerprint density at radius 1 is 1.12 bits per heavy atom. The van der Waals surface area contributed by atoms with Gasteiger partial charge in [-0.2, -0.15) is 0 Å². The van der Waals surface area contributed by atoms with E-state index in [0.717, 1.165) is 30.2 Å². The second-order valence-electron chi connectivity index (χ2n) is 7.26. The van der Waals surface area contributed by atoms with Crippen molar-refractivity contribution in [3.05, 3.63) is 35.4 Å². The maximum absolute atomic E-state index is 5.89. The standard InChI is InChI=1S/C18H28BrNO2S.C2H6/c1-6-15(13-14(2)19)17(20-23-16(3,4)5)7-9-18(10-8-17)21-11-12-22-18;1-2/h6,13,20H,1-2,7-12H2,3-5H3;1-2H3/b15-13+;. The zero-order chi connectivity index (χ0) is 19.1. The van der Waals surface area contributed by atoms with Gasteiger partial charge in [-0.25, -0.2) is 0 Å². The topological polar surface area (TPSA) is 30.5 Å². The van der Waals surface area contributed by atoms with Gasteiger partial charge in [0, 0.05) is 22.1 Å². The molecule has 0 bridgehead atoms. The Morgan fingerprint density at radius 3 is 2.04 bits per heavy atom. The molecule has 2 fully saturated rings. The molecule has 1 heterocycles. The van der Waals surface area contributed by atoms with Crippen LogP contribution in [0.1, 0.15) is 60.3 Å². The van der Waals surface area contributed by atoms with Gasteiger partial charge in [0.2, 0.25) is 0 Å². The molecule has 1 aliphatic heterocycles. The highest BCUT2D eigenvalue weighted by Gasteiger charge is 2.47. The summed E-state index contributed by atoms with van der Waals surface area (Å²) < 4.78 is 16.5. The molecular formula is C20H34BrNO2S. The molecule has 2 rings (SSSR count). The van der Waals surface area contributed by atoms with E-state index in [4.69, 9.17) is 9.47 Å². The molecule has 0 aromatic rings. The van der Waals surface area contributed by atoms with Crippen LogP contribution < -0.4 is 4.72 Å². The zero-order valence-corrected chi connectivity index (χ0v) is 18.8. The first kappa shape index (κ1) is 23.0. The van der Waals surface area contributed by atoms with Crippen LogP contribution in [-0.2, 0) is 9.47 Å². The summed E-state index contributed by atoms with van der Waals surface area (Å²) in [7, 11) is 0. The molecule has 0 unspecified atom stereocenters. The van der Waals surface area contributed by atoms with Crippen molar-refractivity contribution in [3.8, 4) is 0 Å². The maximum Gasteiger partial charge on any atom is 0.168 e. The van der Waals surface area contributed by atoms with E-state index in [0.29, 0.717) is 13.2 Å². The van der Waals surface area contributed by atoms with Gasteiger partial charge in [0.1, 0.15) is 0 Å². The van der Waals surface area contributed by atoms with Crippen LogP contribution in [0.25, 0.3) is 0 Å². The zero-order valence-electron chi connectivity index (χ0n) is 16.4. The van der Waals surface area contributed by atoms with Gasteiger partial charge in [-0.3, -0.25) is 4.72 Å². The lowest BCUT2D eigenvalue weighted by Crippen LogP contribution is -2.51. The fourth-order valence-electron chi connectivity index (χ4n) is 3.10. The SMILES string of the molecule is C=C/C(=C\C(=C)Br)C1(NSC(C)(C)C)CCC2(CC1)OCCO2.CC. The predicted molar refractivity (Wildman–Crippen MR) is 114 cm³/mol. The summed E-state index contributed by atoms with van der Waals surface area (Å²) in [6, 6.07) is 0. The Hall–Kier alpha value is -0.0700. The first-order valence-electron chi connectivity index (χ1n) is 9.12. The van der Waals surface area contributed by atoms with Gasteiger partial charge >= 0.3 is 0 Å². The molecule has 0 aromatic carbocycles. The minimum Gasteiger partial charge on any atom is -0.348 e. The third-order valence-corrected chi connectivity index (χ3v) is 5.65. The van der Waals surface area contributed by atoms with Crippen LogP contribution in [0.5, 0.6) is 0 Å². The second-order valence-corrected chi connectivity index (χ2v) is 9.91. The molecule has 0 aromatic heterocycles. The van der Waals surface area contributed by atoms with E-state index in [1.807, 2.05) is 19.9 Å². The van der Waals surface area contributed by atoms with Crippen LogP contribution in [0, 0.1) is 0 Å². The van der Waals surface area contributed by atoms with Crippen molar-refractivity contribution in [1.82, 2.24) is 4.72 Å². The number of nitrogens with one attached hydrogen (secondary N) is 1. The second kappa shape index (κ2) is 9.75. The summed E-state index contributed by atoms with van der Waals surface area (Å²) in [5.41, 5.74) is 1.04. The summed E-state index contributed by atoms with van der Waals surface area (Å²) in [5.74, 6) is -0.366. The molecule has 1 saturated carbocycles. The highest BCUT2D eigenvalue weighted by molar-refractivity contribution is 9.11. The van der Waals surface area contributed by atoms with Crippen molar-refractivity contribution < 1.29 is 9.47 Å². The maximum atomic E-state index is 5.89. The third-order valence-electron chi connectivity index (χ3n) is 4.32. The highest BCUT2D eigenvalue weighted by atomic mass is 79.9. The Labute approximate surface area is 167 Å². The minimum absolute atomic E-state index is 0.128. The van der Waals surface area contributed by atoms with E-state index in [-0.39, 0.29) is 16.1 Å². The molecule has 144 valence electrons. The first-order chi connectivity index (χ1) is 11.7. The van der Waals surface area contributed by atoms with Gasteiger partial charge in [0.25, 0.3) is 0 Å². The first-order valence-corrected chi connectivity index (χ1v) is 10.7. The smallest absolute Gasteiger partial charge is 0.168 e. The van der Waals surface area contributed by atoms with Gasteiger partial charge in [-0.1, -0.05) is 61.0 Å². The van der Waals surface area contributed by atoms with Crippen LogP contribution in [-0.4, -0.2) is 29.3 Å². The van der Waals surface area contributed by atoms with Gasteiger partial charge in [-0.05, 0) is 45.3 Å². The van der Waals surface area contributed by atoms with Gasteiger partial charge in [-0.15, -0.1) is 0 Å². The van der Waals surface area contributed by atoms with Crippen molar-refractivity contribution in [2.75, 3.05) is 13.2 Å². The van der Waals surface area contributed by atoms with Gasteiger partial charge < -0.3 is 9.47 Å². The lowest BCUT2D eigenvalue weighted by molar-refractivity contribution is -0.183. The van der Waals surface area contributed by atoms with Gasteiger partial charge in [0.15, 0.2) is 5.79 Å². The number of hydrogen-bond donors (Lipinski definition) is 1. The van der Waals surface area contributed by atoms with Crippen LogP contribution in [0.15, 0.2) is 35.4 Å². The Balaban J connectivity index is 0.00000151. The number of halogens is 1. The lowest BCUT2D eigenvalue weighted by Gasteiger charge is -2.45. The van der Waals surface area contributed by atoms with E-state index in [1.54, 1.807) is 11.9 Å². The Morgan fingerprint density at radius 2 is 1.64 bits per heavy atom. The quantitative estimate of drug-likeness (QED) is 0.418. The molecule has 0 radical (unpaired) electrons. The molecule has 3 nitrogen and oxygen atoms in total. The Bertz CT molecular complexity index is 480. The normalized spacial score (nSPS) is 22.2. The van der Waals surface area contributed by atoms with E-state index in [2.05, 4.69) is 60.7 Å². The molecule has 1 N–H and O–H groups in total. The third kappa shape index (κ3) is 6.55. The van der Waals surface area contributed by atoms with Crippen LogP contribution in [0.2, 0.25) is 0 Å². The fourth-order valence-corrected chi connectivity index (χ4v) is 4.18. The van der Waals surface area contributed by atoms with Crippen molar-refractivity contribution in [2.45, 2.75) is 76.4 Å². The molecular weight excluding hydrogens is 398 g/mol. The molecule has 0 atom stereocenters. The molecule has 2 aliphatic rings. The van der Waals surface area contributed by atoms with E-state index in [1.165, 1.54) is 5.57 Å². The average Bonchev–Trinajstić information content (AvgIpc) is 3.02. The van der Waals surface area contributed by atoms with Crippen LogP contribution in [0.3, 0.4) is 0 Å². The molecule has 5 heteroatoms. The van der Waals surface area contributed by atoms with E-state index < -0.39 is 0 Å². The lowest BCUT2D eigenvalue weighted by atomic mass is 9.74. The van der Waals surface area contributed by atoms with E-state index >= 15 is 0 Å². The molecule has 1 aliphatic carbocycles. The monoisotopic (exact) mass is 431 g/mol. The number of hydrogen-bond acceptors (Lipinski definition) is 4. The summed E-state index contributed by atoms with van der Waals surface area (Å²) in [5, 5.41) is 0. The number of allylic oxidation sites excluding steroid dienone is 2. The molecule has 0 amide bonds. The number of ether oxygens (including phenoxy) is 2. The summed E-state index contributed by atoms with van der Waals surface area (Å²) in [6.45, 7) is 20.0. The molecule has 25 heavy (non-hydrogen) atoms. The van der Waals surface area contributed by atoms with Crippen molar-refractivity contribution >= 4 is 27.9 Å². The van der Waals surface area contributed by atoms with Gasteiger partial charge in [0.05, 0.1) is 18.8 Å². The molecule has 1 spiro atoms. The summed E-state index contributed by atoms with van der Waals surface area (Å²) >= 11 is 5.23. The number of rotatable bonds is 5. The average molecular weight is 432 g/mol. The predicted octanol–water partition coefficient (Wildman–Crippen LogP) is 6.13. The fraction of sp³-hybridized carbons (Fsp3) is 0.700. The molecule has 1 saturated heterocycles. The van der Waals surface area contributed by atoms with Crippen LogP contribution >= 0.6 is 27.9 Å². The summed E-state index contributed by atoms with van der Waals surface area (Å²) in [4.78, 5) is 0. The summed E-state index contributed by atoms with van der Waals surface area (Å²) in [6.07, 6.45) is 7.70.